The molecule has 8 heteroatoms. The highest BCUT2D eigenvalue weighted by Crippen LogP contribution is 2.25. The maximum atomic E-state index is 11.1. The molecule has 0 aromatic heterocycles. The highest BCUT2D eigenvalue weighted by Gasteiger charge is 2.16. The Hall–Kier alpha value is -2.51. The first-order valence-corrected chi connectivity index (χ1v) is 4.67. The average Bonchev–Trinajstić information content (AvgIpc) is 2.28. The predicted octanol–water partition coefficient (Wildman–Crippen LogP) is 1.85. The number of nitro benzene ring substituents is 2. The van der Waals surface area contributed by atoms with E-state index in [2.05, 4.69) is 5.32 Å². The van der Waals surface area contributed by atoms with Crippen LogP contribution in [-0.2, 0) is 4.79 Å². The van der Waals surface area contributed by atoms with E-state index in [1.165, 1.54) is 0 Å². The van der Waals surface area contributed by atoms with Crippen LogP contribution in [0.1, 0.15) is 13.3 Å². The maximum absolute atomic E-state index is 11.1. The van der Waals surface area contributed by atoms with Crippen molar-refractivity contribution in [1.29, 1.82) is 0 Å². The molecule has 0 atom stereocenters. The van der Waals surface area contributed by atoms with Crippen molar-refractivity contribution < 1.29 is 14.6 Å². The molecule has 17 heavy (non-hydrogen) atoms. The van der Waals surface area contributed by atoms with Gasteiger partial charge in [-0.25, -0.2) is 0 Å². The maximum Gasteiger partial charge on any atom is 0.278 e. The zero-order valence-electron chi connectivity index (χ0n) is 8.87. The number of rotatable bonds is 4. The Kier molecular flexibility index (Phi) is 3.70. The molecule has 0 spiro atoms. The van der Waals surface area contributed by atoms with Crippen LogP contribution in [-0.4, -0.2) is 15.8 Å². The zero-order chi connectivity index (χ0) is 13.0. The second-order valence-corrected chi connectivity index (χ2v) is 3.15. The van der Waals surface area contributed by atoms with Crippen molar-refractivity contribution in [3.05, 3.63) is 38.4 Å². The van der Waals surface area contributed by atoms with Gasteiger partial charge in [0.25, 0.3) is 11.4 Å². The van der Waals surface area contributed by atoms with Gasteiger partial charge in [-0.1, -0.05) is 6.92 Å². The van der Waals surface area contributed by atoms with Gasteiger partial charge >= 0.3 is 0 Å². The van der Waals surface area contributed by atoms with Gasteiger partial charge in [0.15, 0.2) is 0 Å². The molecule has 0 heterocycles. The molecule has 0 aliphatic carbocycles. The van der Waals surface area contributed by atoms with Crippen LogP contribution in [0.4, 0.5) is 17.1 Å². The summed E-state index contributed by atoms with van der Waals surface area (Å²) in [7, 11) is 0. The summed E-state index contributed by atoms with van der Waals surface area (Å²) in [6, 6.07) is 2.97. The first-order chi connectivity index (χ1) is 7.93. The number of carbonyl (C=O) groups is 1. The molecule has 0 unspecified atom stereocenters. The highest BCUT2D eigenvalue weighted by atomic mass is 16.6. The van der Waals surface area contributed by atoms with Crippen molar-refractivity contribution in [2.75, 3.05) is 5.32 Å². The molecular weight excluding hydrogens is 230 g/mol. The number of nitrogens with one attached hydrogen (secondary N) is 1. The number of hydrogen-bond donors (Lipinski definition) is 1. The lowest BCUT2D eigenvalue weighted by Gasteiger charge is -2.03. The smallest absolute Gasteiger partial charge is 0.278 e. The quantitative estimate of drug-likeness (QED) is 0.635. The summed E-state index contributed by atoms with van der Waals surface area (Å²) in [5.41, 5.74) is -0.839. The summed E-state index contributed by atoms with van der Waals surface area (Å²) in [5.74, 6) is -0.375. The number of nitro groups is 2. The van der Waals surface area contributed by atoms with Gasteiger partial charge < -0.3 is 5.32 Å². The van der Waals surface area contributed by atoms with Gasteiger partial charge in [0, 0.05) is 18.6 Å². The lowest BCUT2D eigenvalue weighted by molar-refractivity contribution is -0.394. The van der Waals surface area contributed by atoms with Gasteiger partial charge in [0.05, 0.1) is 21.6 Å². The third-order valence-corrected chi connectivity index (χ3v) is 1.93. The summed E-state index contributed by atoms with van der Waals surface area (Å²) in [6.07, 6.45) is 0.177. The van der Waals surface area contributed by atoms with Crippen LogP contribution in [0, 0.1) is 20.2 Å². The van der Waals surface area contributed by atoms with Crippen molar-refractivity contribution >= 4 is 23.0 Å². The van der Waals surface area contributed by atoms with Crippen LogP contribution >= 0.6 is 0 Å². The minimum Gasteiger partial charge on any atom is -0.326 e. The van der Waals surface area contributed by atoms with Crippen molar-refractivity contribution in [3.63, 3.8) is 0 Å². The summed E-state index contributed by atoms with van der Waals surface area (Å²) < 4.78 is 0. The van der Waals surface area contributed by atoms with Crippen LogP contribution in [0.5, 0.6) is 0 Å². The molecular formula is C9H9N3O5. The minimum absolute atomic E-state index is 0.0396. The number of amides is 1. The van der Waals surface area contributed by atoms with E-state index in [9.17, 15) is 25.0 Å². The van der Waals surface area contributed by atoms with E-state index >= 15 is 0 Å². The number of benzene rings is 1. The fraction of sp³-hybridized carbons (Fsp3) is 0.222. The van der Waals surface area contributed by atoms with Crippen LogP contribution in [0.3, 0.4) is 0 Å². The number of nitrogens with zero attached hydrogens (tertiary/aromatic N) is 2. The van der Waals surface area contributed by atoms with E-state index < -0.39 is 21.2 Å². The highest BCUT2D eigenvalue weighted by molar-refractivity contribution is 5.91. The molecule has 8 nitrogen and oxygen atoms in total. The van der Waals surface area contributed by atoms with E-state index in [-0.39, 0.29) is 18.0 Å². The molecule has 0 saturated carbocycles. The first-order valence-electron chi connectivity index (χ1n) is 4.67. The average molecular weight is 239 g/mol. The Labute approximate surface area is 95.5 Å². The topological polar surface area (TPSA) is 115 Å². The van der Waals surface area contributed by atoms with Crippen molar-refractivity contribution in [3.8, 4) is 0 Å². The van der Waals surface area contributed by atoms with Crippen molar-refractivity contribution in [2.45, 2.75) is 13.3 Å². The fourth-order valence-corrected chi connectivity index (χ4v) is 1.13. The molecule has 0 saturated heterocycles. The van der Waals surface area contributed by atoms with Crippen molar-refractivity contribution in [2.24, 2.45) is 0 Å². The van der Waals surface area contributed by atoms with Gasteiger partial charge in [-0.05, 0) is 0 Å². The molecule has 1 rings (SSSR count). The SMILES string of the molecule is CCC(=O)Nc1cc([N+](=O)[O-])cc([N+](=O)[O-])c1. The van der Waals surface area contributed by atoms with Gasteiger partial charge in [0.2, 0.25) is 5.91 Å². The van der Waals surface area contributed by atoms with Crippen molar-refractivity contribution in [1.82, 2.24) is 0 Å². The Balaban J connectivity index is 3.16. The first kappa shape index (κ1) is 12.6. The number of non-ortho nitro benzene ring substituents is 2. The van der Waals surface area contributed by atoms with Gasteiger partial charge in [0.1, 0.15) is 0 Å². The summed E-state index contributed by atoms with van der Waals surface area (Å²) in [4.78, 5) is 30.7. The van der Waals surface area contributed by atoms with Crippen LogP contribution in [0.15, 0.2) is 18.2 Å². The van der Waals surface area contributed by atoms with Crippen LogP contribution < -0.4 is 5.32 Å². The van der Waals surface area contributed by atoms with E-state index in [0.717, 1.165) is 18.2 Å². The molecule has 1 N–H and O–H groups in total. The molecule has 0 fully saturated rings. The summed E-state index contributed by atoms with van der Waals surface area (Å²) in [5, 5.41) is 23.4. The van der Waals surface area contributed by atoms with E-state index in [4.69, 9.17) is 0 Å². The monoisotopic (exact) mass is 239 g/mol. The zero-order valence-corrected chi connectivity index (χ0v) is 8.87. The normalized spacial score (nSPS) is 9.71. The molecule has 1 amide bonds. The predicted molar refractivity (Wildman–Crippen MR) is 58.7 cm³/mol. The summed E-state index contributed by atoms with van der Waals surface area (Å²) >= 11 is 0. The Bertz CT molecular complexity index is 453. The Morgan fingerprint density at radius 2 is 1.65 bits per heavy atom. The Morgan fingerprint density at radius 3 is 2.00 bits per heavy atom. The van der Waals surface area contributed by atoms with Crippen LogP contribution in [0.2, 0.25) is 0 Å². The van der Waals surface area contributed by atoms with E-state index in [1.807, 2.05) is 0 Å². The number of carbonyl (C=O) groups excluding carboxylic acids is 1. The van der Waals surface area contributed by atoms with Gasteiger partial charge in [-0.3, -0.25) is 25.0 Å². The van der Waals surface area contributed by atoms with Gasteiger partial charge in [-0.2, -0.15) is 0 Å². The number of hydrogen-bond acceptors (Lipinski definition) is 5. The van der Waals surface area contributed by atoms with E-state index in [0.29, 0.717) is 0 Å². The fourth-order valence-electron chi connectivity index (χ4n) is 1.13. The largest absolute Gasteiger partial charge is 0.326 e. The second kappa shape index (κ2) is 5.01. The lowest BCUT2D eigenvalue weighted by atomic mass is 10.2. The third-order valence-electron chi connectivity index (χ3n) is 1.93. The molecule has 1 aromatic carbocycles. The second-order valence-electron chi connectivity index (χ2n) is 3.15. The Morgan fingerprint density at radius 1 is 1.18 bits per heavy atom. The summed E-state index contributed by atoms with van der Waals surface area (Å²) in [6.45, 7) is 1.60. The minimum atomic E-state index is -0.755. The third kappa shape index (κ3) is 3.23. The standard InChI is InChI=1S/C9H9N3O5/c1-2-9(13)10-6-3-7(11(14)15)5-8(4-6)12(16)17/h3-5H,2H2,1H3,(H,10,13). The molecule has 0 aliphatic rings. The van der Waals surface area contributed by atoms with E-state index in [1.54, 1.807) is 6.92 Å². The van der Waals surface area contributed by atoms with Crippen LogP contribution in [0.25, 0.3) is 0 Å². The molecule has 0 aliphatic heterocycles. The number of anilines is 1. The molecule has 0 radical (unpaired) electrons. The lowest BCUT2D eigenvalue weighted by Crippen LogP contribution is -2.09. The molecule has 90 valence electrons. The van der Waals surface area contributed by atoms with Gasteiger partial charge in [-0.15, -0.1) is 0 Å². The molecule has 0 bridgehead atoms. The molecule has 1 aromatic rings.